The van der Waals surface area contributed by atoms with Crippen LogP contribution in [0.25, 0.3) is 0 Å². The van der Waals surface area contributed by atoms with E-state index in [1.165, 1.54) is 0 Å². The number of hydrogen-bond donors (Lipinski definition) is 2. The van der Waals surface area contributed by atoms with E-state index in [1.807, 2.05) is 4.90 Å². The molecule has 0 radical (unpaired) electrons. The predicted molar refractivity (Wildman–Crippen MR) is 101 cm³/mol. The van der Waals surface area contributed by atoms with E-state index >= 15 is 0 Å². The number of carbonyl (C=O) groups excluding carboxylic acids is 1. The number of amides is 1. The number of aromatic nitrogens is 1. The monoisotopic (exact) mass is 403 g/mol. The number of nitrogens with zero attached hydrogens (tertiary/aromatic N) is 2. The first-order chi connectivity index (χ1) is 12.4. The van der Waals surface area contributed by atoms with Gasteiger partial charge in [0.2, 0.25) is 0 Å². The average molecular weight is 403 g/mol. The molecule has 27 heavy (non-hydrogen) atoms. The number of carbonyl (C=O) groups is 1. The predicted octanol–water partition coefficient (Wildman–Crippen LogP) is 2.80. The molecule has 0 spiro atoms. The quantitative estimate of drug-likeness (QED) is 0.728. The van der Waals surface area contributed by atoms with E-state index in [1.54, 1.807) is 32.9 Å². The smallest absolute Gasteiger partial charge is 0.413 e. The van der Waals surface area contributed by atoms with Gasteiger partial charge < -0.3 is 9.64 Å². The maximum Gasteiger partial charge on any atom is 0.413 e. The second-order valence-corrected chi connectivity index (χ2v) is 9.10. The molecule has 2 rings (SSSR count). The summed E-state index contributed by atoms with van der Waals surface area (Å²) in [7, 11) is -4.14. The third-order valence-corrected chi connectivity index (χ3v) is 4.62. The highest BCUT2D eigenvalue weighted by atomic mass is 32.2. The van der Waals surface area contributed by atoms with Crippen molar-refractivity contribution in [2.45, 2.75) is 51.8 Å². The number of hydrogen-bond acceptors (Lipinski definition) is 6. The van der Waals surface area contributed by atoms with Crippen LogP contribution in [0, 0.1) is 0 Å². The Kier molecular flexibility index (Phi) is 6.63. The average Bonchev–Trinajstić information content (AvgIpc) is 2.51. The van der Waals surface area contributed by atoms with Crippen LogP contribution in [0.3, 0.4) is 0 Å². The molecule has 2 N–H and O–H groups in total. The summed E-state index contributed by atoms with van der Waals surface area (Å²) in [5.41, 5.74) is 0.408. The Bertz CT molecular complexity index is 771. The summed E-state index contributed by atoms with van der Waals surface area (Å²) in [6, 6.07) is 3.32. The van der Waals surface area contributed by atoms with Crippen LogP contribution in [0.1, 0.15) is 39.3 Å². The molecule has 2 heterocycles. The Morgan fingerprint density at radius 3 is 2.56 bits per heavy atom. The Morgan fingerprint density at radius 2 is 2.00 bits per heavy atom. The summed E-state index contributed by atoms with van der Waals surface area (Å²) < 4.78 is 49.6. The molecular weight excluding hydrogens is 377 g/mol. The van der Waals surface area contributed by atoms with E-state index in [4.69, 9.17) is 9.29 Å². The molecule has 0 aromatic carbocycles. The molecule has 1 aliphatic rings. The van der Waals surface area contributed by atoms with E-state index in [-0.39, 0.29) is 12.2 Å². The van der Waals surface area contributed by atoms with Crippen LogP contribution >= 0.6 is 0 Å². The van der Waals surface area contributed by atoms with Gasteiger partial charge in [-0.2, -0.15) is 8.42 Å². The van der Waals surface area contributed by atoms with Crippen molar-refractivity contribution in [2.24, 2.45) is 0 Å². The molecular formula is C17H26FN3O5S. The van der Waals surface area contributed by atoms with Crippen molar-refractivity contribution < 1.29 is 26.9 Å². The van der Waals surface area contributed by atoms with Gasteiger partial charge in [-0.3, -0.25) is 9.87 Å². The van der Waals surface area contributed by atoms with Crippen molar-refractivity contribution in [1.29, 1.82) is 0 Å². The Labute approximate surface area is 158 Å². The zero-order valence-corrected chi connectivity index (χ0v) is 16.6. The number of ether oxygens (including phenoxy) is 1. The lowest BCUT2D eigenvalue weighted by atomic mass is 10.1. The summed E-state index contributed by atoms with van der Waals surface area (Å²) in [6.07, 6.45) is -0.735. The number of piperidine rings is 1. The van der Waals surface area contributed by atoms with E-state index in [0.29, 0.717) is 37.3 Å². The molecule has 1 saturated heterocycles. The van der Waals surface area contributed by atoms with Crippen molar-refractivity contribution in [3.05, 3.63) is 17.8 Å². The van der Waals surface area contributed by atoms with E-state index < -0.39 is 33.7 Å². The zero-order valence-electron chi connectivity index (χ0n) is 15.7. The molecule has 0 aliphatic carbocycles. The summed E-state index contributed by atoms with van der Waals surface area (Å²) in [5, 5.41) is 2.54. The first kappa shape index (κ1) is 21.4. The number of halogens is 1. The number of pyridine rings is 1. The second-order valence-electron chi connectivity index (χ2n) is 7.53. The maximum atomic E-state index is 13.4. The van der Waals surface area contributed by atoms with Crippen LogP contribution in [0.5, 0.6) is 0 Å². The highest BCUT2D eigenvalue weighted by Crippen LogP contribution is 2.25. The van der Waals surface area contributed by atoms with Gasteiger partial charge in [-0.1, -0.05) is 0 Å². The minimum Gasteiger partial charge on any atom is -0.444 e. The van der Waals surface area contributed by atoms with E-state index in [9.17, 15) is 17.6 Å². The SMILES string of the molecule is CC(C)(C)OC(=O)Nc1cc(N2CCC(F)CC2)cc(CCS(=O)(=O)O)n1. The molecule has 8 nitrogen and oxygen atoms in total. The normalized spacial score (nSPS) is 16.3. The maximum absolute atomic E-state index is 13.4. The number of aryl methyl sites for hydroxylation is 1. The Balaban J connectivity index is 2.23. The molecule has 0 saturated carbocycles. The Morgan fingerprint density at radius 1 is 1.37 bits per heavy atom. The molecule has 1 fully saturated rings. The highest BCUT2D eigenvalue weighted by Gasteiger charge is 2.21. The van der Waals surface area contributed by atoms with Crippen molar-refractivity contribution in [1.82, 2.24) is 4.98 Å². The van der Waals surface area contributed by atoms with E-state index in [0.717, 1.165) is 0 Å². The number of nitrogens with one attached hydrogen (secondary N) is 1. The molecule has 0 unspecified atom stereocenters. The number of alkyl halides is 1. The first-order valence-corrected chi connectivity index (χ1v) is 10.4. The third-order valence-electron chi connectivity index (χ3n) is 3.90. The van der Waals surface area contributed by atoms with Crippen molar-refractivity contribution >= 4 is 27.7 Å². The molecule has 1 amide bonds. The zero-order chi connectivity index (χ0) is 20.2. The van der Waals surface area contributed by atoms with Gasteiger partial charge >= 0.3 is 6.09 Å². The van der Waals surface area contributed by atoms with Gasteiger partial charge in [-0.15, -0.1) is 0 Å². The van der Waals surface area contributed by atoms with Crippen LogP contribution in [0.15, 0.2) is 12.1 Å². The minimum absolute atomic E-state index is 0.0186. The van der Waals surface area contributed by atoms with E-state index in [2.05, 4.69) is 10.3 Å². The molecule has 10 heteroatoms. The van der Waals surface area contributed by atoms with Crippen LogP contribution in [-0.2, 0) is 21.3 Å². The standard InChI is InChI=1S/C17H26FN3O5S/c1-17(2,3)26-16(22)20-15-11-14(21-7-4-12(18)5-8-21)10-13(19-15)6-9-27(23,24)25/h10-12H,4-9H2,1-3H3,(H,19,20,22)(H,23,24,25). The van der Waals surface area contributed by atoms with Gasteiger partial charge in [0.15, 0.2) is 0 Å². The fourth-order valence-electron chi connectivity index (χ4n) is 2.69. The topological polar surface area (TPSA) is 109 Å². The molecule has 1 aliphatic heterocycles. The van der Waals surface area contributed by atoms with Crippen LogP contribution < -0.4 is 10.2 Å². The summed E-state index contributed by atoms with van der Waals surface area (Å²) >= 11 is 0. The van der Waals surface area contributed by atoms with Crippen LogP contribution in [-0.4, -0.2) is 54.7 Å². The van der Waals surface area contributed by atoms with Crippen LogP contribution in [0.2, 0.25) is 0 Å². The highest BCUT2D eigenvalue weighted by molar-refractivity contribution is 7.85. The van der Waals surface area contributed by atoms with Crippen molar-refractivity contribution in [3.63, 3.8) is 0 Å². The largest absolute Gasteiger partial charge is 0.444 e. The fourth-order valence-corrected chi connectivity index (χ4v) is 3.16. The van der Waals surface area contributed by atoms with Gasteiger partial charge in [0.25, 0.3) is 10.1 Å². The Hall–Kier alpha value is -1.94. The van der Waals surface area contributed by atoms with Crippen molar-refractivity contribution in [2.75, 3.05) is 29.1 Å². The van der Waals surface area contributed by atoms with Gasteiger partial charge in [-0.25, -0.2) is 14.2 Å². The molecule has 0 atom stereocenters. The molecule has 0 bridgehead atoms. The van der Waals surface area contributed by atoms with Crippen molar-refractivity contribution in [3.8, 4) is 0 Å². The lowest BCUT2D eigenvalue weighted by molar-refractivity contribution is 0.0635. The summed E-state index contributed by atoms with van der Waals surface area (Å²) in [6.45, 7) is 6.21. The van der Waals surface area contributed by atoms with Gasteiger partial charge in [-0.05, 0) is 39.7 Å². The van der Waals surface area contributed by atoms with Crippen LogP contribution in [0.4, 0.5) is 20.7 Å². The first-order valence-electron chi connectivity index (χ1n) is 8.76. The third kappa shape index (κ3) is 7.67. The summed E-state index contributed by atoms with van der Waals surface area (Å²) in [4.78, 5) is 18.2. The molecule has 152 valence electrons. The number of rotatable bonds is 5. The van der Waals surface area contributed by atoms with Gasteiger partial charge in [0, 0.05) is 37.0 Å². The molecule has 1 aromatic rings. The number of anilines is 2. The fraction of sp³-hybridized carbons (Fsp3) is 0.647. The lowest BCUT2D eigenvalue weighted by Gasteiger charge is -2.31. The van der Waals surface area contributed by atoms with Gasteiger partial charge in [0.05, 0.1) is 5.75 Å². The lowest BCUT2D eigenvalue weighted by Crippen LogP contribution is -2.34. The minimum atomic E-state index is -4.14. The second kappa shape index (κ2) is 8.39. The summed E-state index contributed by atoms with van der Waals surface area (Å²) in [5.74, 6) is -0.281. The molecule has 1 aromatic heterocycles. The van der Waals surface area contributed by atoms with Gasteiger partial charge in [0.1, 0.15) is 17.6 Å².